The predicted octanol–water partition coefficient (Wildman–Crippen LogP) is 1.66. The smallest absolute Gasteiger partial charge is 0.337 e. The molecule has 2 rings (SSSR count). The van der Waals surface area contributed by atoms with Crippen molar-refractivity contribution in [2.75, 3.05) is 13.2 Å². The highest BCUT2D eigenvalue weighted by Gasteiger charge is 2.20. The summed E-state index contributed by atoms with van der Waals surface area (Å²) in [6.07, 6.45) is 4.23. The second-order valence-corrected chi connectivity index (χ2v) is 6.64. The molecule has 0 saturated heterocycles. The maximum Gasteiger partial charge on any atom is 0.337 e. The third kappa shape index (κ3) is 4.04. The topological polar surface area (TPSA) is 92.7 Å². The number of carboxylic acids is 1. The lowest BCUT2D eigenvalue weighted by Crippen LogP contribution is -2.34. The second-order valence-electron chi connectivity index (χ2n) is 4.46. The minimum atomic E-state index is -3.76. The van der Waals surface area contributed by atoms with E-state index in [0.29, 0.717) is 13.0 Å². The average Bonchev–Trinajstić information content (AvgIpc) is 2.46. The molecule has 1 aromatic rings. The summed E-state index contributed by atoms with van der Waals surface area (Å²) in [5, 5.41) is 8.74. The molecule has 6 nitrogen and oxygen atoms in total. The van der Waals surface area contributed by atoms with E-state index in [-0.39, 0.29) is 28.1 Å². The van der Waals surface area contributed by atoms with E-state index < -0.39 is 16.0 Å². The SMILES string of the molecule is O=C(O)c1ccc(S(=O)(=O)NCC2CC=CCO2)cc1Cl. The maximum absolute atomic E-state index is 12.1. The molecule has 114 valence electrons. The quantitative estimate of drug-likeness (QED) is 0.800. The molecule has 2 N–H and O–H groups in total. The Kier molecular flexibility index (Phi) is 5.00. The first-order valence-electron chi connectivity index (χ1n) is 6.19. The van der Waals surface area contributed by atoms with E-state index in [4.69, 9.17) is 21.4 Å². The fraction of sp³-hybridized carbons (Fsp3) is 0.308. The zero-order valence-corrected chi connectivity index (χ0v) is 12.5. The Morgan fingerprint density at radius 1 is 1.43 bits per heavy atom. The van der Waals surface area contributed by atoms with Gasteiger partial charge >= 0.3 is 5.97 Å². The molecule has 0 aliphatic carbocycles. The lowest BCUT2D eigenvalue weighted by atomic mass is 10.2. The lowest BCUT2D eigenvalue weighted by molar-refractivity contribution is 0.0696. The molecule has 1 aliphatic heterocycles. The largest absolute Gasteiger partial charge is 0.478 e. The molecule has 0 fully saturated rings. The van der Waals surface area contributed by atoms with Crippen LogP contribution in [0.1, 0.15) is 16.8 Å². The standard InChI is InChI=1S/C13H14ClNO5S/c14-12-7-10(4-5-11(12)13(16)17)21(18,19)15-8-9-3-1-2-6-20-9/h1-2,4-5,7,9,15H,3,6,8H2,(H,16,17). The van der Waals surface area contributed by atoms with Gasteiger partial charge in [-0.2, -0.15) is 0 Å². The van der Waals surface area contributed by atoms with Crippen LogP contribution in [0.25, 0.3) is 0 Å². The minimum absolute atomic E-state index is 0.0798. The lowest BCUT2D eigenvalue weighted by Gasteiger charge is -2.19. The van der Waals surface area contributed by atoms with E-state index in [1.807, 2.05) is 12.2 Å². The van der Waals surface area contributed by atoms with Gasteiger partial charge in [-0.15, -0.1) is 0 Å². The Bertz CT molecular complexity index is 671. The van der Waals surface area contributed by atoms with E-state index >= 15 is 0 Å². The van der Waals surface area contributed by atoms with Gasteiger partial charge in [0.2, 0.25) is 10.0 Å². The molecule has 1 aromatic carbocycles. The van der Waals surface area contributed by atoms with Gasteiger partial charge in [0.15, 0.2) is 0 Å². The summed E-state index contributed by atoms with van der Waals surface area (Å²) in [7, 11) is -3.76. The highest BCUT2D eigenvalue weighted by Crippen LogP contribution is 2.21. The number of nitrogens with one attached hydrogen (secondary N) is 1. The van der Waals surface area contributed by atoms with E-state index in [9.17, 15) is 13.2 Å². The second kappa shape index (κ2) is 6.57. The number of sulfonamides is 1. The fourth-order valence-electron chi connectivity index (χ4n) is 1.84. The Morgan fingerprint density at radius 3 is 2.76 bits per heavy atom. The fourth-order valence-corrected chi connectivity index (χ4v) is 3.26. The van der Waals surface area contributed by atoms with Crippen LogP contribution in [-0.4, -0.2) is 38.7 Å². The summed E-state index contributed by atoms with van der Waals surface area (Å²) in [5.41, 5.74) is -0.142. The molecule has 0 amide bonds. The van der Waals surface area contributed by atoms with Crippen molar-refractivity contribution in [3.63, 3.8) is 0 Å². The normalized spacial score (nSPS) is 18.6. The van der Waals surface area contributed by atoms with Crippen LogP contribution in [0.2, 0.25) is 5.02 Å². The molecule has 0 spiro atoms. The molecular formula is C13H14ClNO5S. The van der Waals surface area contributed by atoms with Gasteiger partial charge in [-0.05, 0) is 24.6 Å². The molecule has 1 aliphatic rings. The predicted molar refractivity (Wildman–Crippen MR) is 77.1 cm³/mol. The highest BCUT2D eigenvalue weighted by molar-refractivity contribution is 7.89. The van der Waals surface area contributed by atoms with Gasteiger partial charge < -0.3 is 9.84 Å². The van der Waals surface area contributed by atoms with Crippen LogP contribution >= 0.6 is 11.6 Å². The molecule has 8 heteroatoms. The van der Waals surface area contributed by atoms with Crippen LogP contribution in [0.5, 0.6) is 0 Å². The summed E-state index contributed by atoms with van der Waals surface area (Å²) in [6, 6.07) is 3.49. The van der Waals surface area contributed by atoms with Crippen LogP contribution in [-0.2, 0) is 14.8 Å². The first-order chi connectivity index (χ1) is 9.90. The number of aromatic carboxylic acids is 1. The number of hydrogen-bond acceptors (Lipinski definition) is 4. The van der Waals surface area contributed by atoms with Crippen molar-refractivity contribution in [3.05, 3.63) is 40.9 Å². The van der Waals surface area contributed by atoms with E-state index in [1.165, 1.54) is 12.1 Å². The Labute approximate surface area is 127 Å². The zero-order chi connectivity index (χ0) is 15.5. The summed E-state index contributed by atoms with van der Waals surface area (Å²) in [5.74, 6) is -1.21. The van der Waals surface area contributed by atoms with Crippen molar-refractivity contribution in [1.82, 2.24) is 4.72 Å². The Balaban J connectivity index is 2.10. The molecule has 21 heavy (non-hydrogen) atoms. The van der Waals surface area contributed by atoms with Crippen LogP contribution in [0.15, 0.2) is 35.2 Å². The molecule has 0 bridgehead atoms. The number of halogens is 1. The van der Waals surface area contributed by atoms with Crippen LogP contribution < -0.4 is 4.72 Å². The first-order valence-corrected chi connectivity index (χ1v) is 8.05. The van der Waals surface area contributed by atoms with Crippen molar-refractivity contribution >= 4 is 27.6 Å². The van der Waals surface area contributed by atoms with Gasteiger partial charge in [-0.3, -0.25) is 0 Å². The Morgan fingerprint density at radius 2 is 2.19 bits per heavy atom. The monoisotopic (exact) mass is 331 g/mol. The van der Waals surface area contributed by atoms with Crippen LogP contribution in [0.4, 0.5) is 0 Å². The summed E-state index contributed by atoms with van der Waals surface area (Å²) >= 11 is 5.77. The summed E-state index contributed by atoms with van der Waals surface area (Å²) < 4.78 is 32.0. The van der Waals surface area contributed by atoms with Crippen molar-refractivity contribution in [3.8, 4) is 0 Å². The number of ether oxygens (including phenoxy) is 1. The molecule has 0 saturated carbocycles. The van der Waals surface area contributed by atoms with Crippen molar-refractivity contribution < 1.29 is 23.1 Å². The zero-order valence-electron chi connectivity index (χ0n) is 11.0. The highest BCUT2D eigenvalue weighted by atomic mass is 35.5. The van der Waals surface area contributed by atoms with Crippen LogP contribution in [0, 0.1) is 0 Å². The van der Waals surface area contributed by atoms with Gasteiger partial charge in [0.25, 0.3) is 0 Å². The van der Waals surface area contributed by atoms with E-state index in [2.05, 4.69) is 4.72 Å². The maximum atomic E-state index is 12.1. The van der Waals surface area contributed by atoms with Gasteiger partial charge in [0.1, 0.15) is 0 Å². The summed E-state index contributed by atoms with van der Waals surface area (Å²) in [6.45, 7) is 0.608. The van der Waals surface area contributed by atoms with Gasteiger partial charge in [0, 0.05) is 6.54 Å². The number of carboxylic acid groups (broad SMARTS) is 1. The first kappa shape index (κ1) is 16.0. The molecular weight excluding hydrogens is 318 g/mol. The van der Waals surface area contributed by atoms with E-state index in [1.54, 1.807) is 0 Å². The number of carbonyl (C=O) groups is 1. The van der Waals surface area contributed by atoms with E-state index in [0.717, 1.165) is 6.07 Å². The van der Waals surface area contributed by atoms with Gasteiger partial charge in [-0.1, -0.05) is 23.8 Å². The number of benzene rings is 1. The van der Waals surface area contributed by atoms with Crippen LogP contribution in [0.3, 0.4) is 0 Å². The molecule has 1 unspecified atom stereocenters. The third-order valence-electron chi connectivity index (χ3n) is 2.98. The van der Waals surface area contributed by atoms with Gasteiger partial charge in [-0.25, -0.2) is 17.9 Å². The molecule has 1 atom stereocenters. The molecule has 0 radical (unpaired) electrons. The molecule has 1 heterocycles. The van der Waals surface area contributed by atoms with Crippen molar-refractivity contribution in [2.45, 2.75) is 17.4 Å². The third-order valence-corrected chi connectivity index (χ3v) is 4.71. The average molecular weight is 332 g/mol. The van der Waals surface area contributed by atoms with Gasteiger partial charge in [0.05, 0.1) is 28.2 Å². The van der Waals surface area contributed by atoms with Crippen molar-refractivity contribution in [1.29, 1.82) is 0 Å². The minimum Gasteiger partial charge on any atom is -0.478 e. The van der Waals surface area contributed by atoms with Crippen molar-refractivity contribution in [2.24, 2.45) is 0 Å². The summed E-state index contributed by atoms with van der Waals surface area (Å²) in [4.78, 5) is 10.8. The Hall–Kier alpha value is -1.41. The molecule has 0 aromatic heterocycles. The number of hydrogen-bond donors (Lipinski definition) is 2. The number of rotatable bonds is 5.